The van der Waals surface area contributed by atoms with Crippen LogP contribution in [0.2, 0.25) is 0 Å². The molecule has 10 heteroatoms. The first kappa shape index (κ1) is 23.5. The molecule has 0 N–H and O–H groups in total. The van der Waals surface area contributed by atoms with Gasteiger partial charge in [0.25, 0.3) is 5.89 Å². The standard InChI is InChI=1S/C25H28N4O5S/c30-25(28-14-4-5-15-28)20-12-16-29(17-13-20)35(31,32)22-10-8-19(9-11-22)24-26-23(34-27-24)18-33-21-6-2-1-3-7-21/h1-3,6-11,20H,4-5,12-18H2. The topological polar surface area (TPSA) is 106 Å². The minimum absolute atomic E-state index is 0.0831. The summed E-state index contributed by atoms with van der Waals surface area (Å²) in [5.74, 6) is 1.48. The zero-order chi connectivity index (χ0) is 24.3. The molecular formula is C25H28N4O5S. The fraction of sp³-hybridized carbons (Fsp3) is 0.400. The first-order valence-corrected chi connectivity index (χ1v) is 13.3. The largest absolute Gasteiger partial charge is 0.484 e. The molecule has 9 nitrogen and oxygen atoms in total. The van der Waals surface area contributed by atoms with E-state index in [2.05, 4.69) is 10.1 Å². The van der Waals surface area contributed by atoms with Crippen LogP contribution in [-0.4, -0.2) is 59.8 Å². The number of sulfonamides is 1. The molecule has 5 rings (SSSR count). The van der Waals surface area contributed by atoms with Gasteiger partial charge in [0.15, 0.2) is 6.61 Å². The van der Waals surface area contributed by atoms with E-state index in [0.29, 0.717) is 49.0 Å². The Hall–Kier alpha value is -3.24. The van der Waals surface area contributed by atoms with Crippen LogP contribution in [0, 0.1) is 5.92 Å². The van der Waals surface area contributed by atoms with Crippen molar-refractivity contribution < 1.29 is 22.5 Å². The van der Waals surface area contributed by atoms with E-state index in [4.69, 9.17) is 9.26 Å². The van der Waals surface area contributed by atoms with Gasteiger partial charge >= 0.3 is 0 Å². The van der Waals surface area contributed by atoms with Crippen molar-refractivity contribution in [3.05, 3.63) is 60.5 Å². The molecule has 2 fully saturated rings. The van der Waals surface area contributed by atoms with Crippen molar-refractivity contribution in [1.82, 2.24) is 19.3 Å². The summed E-state index contributed by atoms with van der Waals surface area (Å²) < 4.78 is 38.7. The normalized spacial score (nSPS) is 17.5. The molecule has 184 valence electrons. The average molecular weight is 497 g/mol. The molecule has 0 bridgehead atoms. The highest BCUT2D eigenvalue weighted by atomic mass is 32.2. The molecule has 1 amide bonds. The average Bonchev–Trinajstić information content (AvgIpc) is 3.61. The second-order valence-corrected chi connectivity index (χ2v) is 10.8. The Labute approximate surface area is 204 Å². The maximum Gasteiger partial charge on any atom is 0.264 e. The third-order valence-electron chi connectivity index (χ3n) is 6.54. The van der Waals surface area contributed by atoms with E-state index in [1.807, 2.05) is 35.2 Å². The van der Waals surface area contributed by atoms with Gasteiger partial charge in [0.1, 0.15) is 5.75 Å². The van der Waals surface area contributed by atoms with E-state index in [0.717, 1.165) is 25.9 Å². The summed E-state index contributed by atoms with van der Waals surface area (Å²) in [5, 5.41) is 3.98. The van der Waals surface area contributed by atoms with Gasteiger partial charge in [-0.3, -0.25) is 4.79 Å². The van der Waals surface area contributed by atoms with E-state index in [1.54, 1.807) is 24.3 Å². The second-order valence-electron chi connectivity index (χ2n) is 8.85. The Morgan fingerprint density at radius 2 is 1.66 bits per heavy atom. The highest BCUT2D eigenvalue weighted by Crippen LogP contribution is 2.27. The minimum atomic E-state index is -3.64. The fourth-order valence-corrected chi connectivity index (χ4v) is 6.03. The summed E-state index contributed by atoms with van der Waals surface area (Å²) in [6.07, 6.45) is 3.23. The van der Waals surface area contributed by atoms with Crippen molar-refractivity contribution in [2.24, 2.45) is 5.92 Å². The molecule has 0 spiro atoms. The zero-order valence-electron chi connectivity index (χ0n) is 19.4. The molecule has 3 heterocycles. The quantitative estimate of drug-likeness (QED) is 0.494. The fourth-order valence-electron chi connectivity index (χ4n) is 4.56. The lowest BCUT2D eigenvalue weighted by Crippen LogP contribution is -2.43. The number of carbonyl (C=O) groups is 1. The molecule has 2 aromatic carbocycles. The van der Waals surface area contributed by atoms with E-state index >= 15 is 0 Å². The predicted molar refractivity (Wildman–Crippen MR) is 128 cm³/mol. The van der Waals surface area contributed by atoms with E-state index < -0.39 is 10.0 Å². The zero-order valence-corrected chi connectivity index (χ0v) is 20.2. The minimum Gasteiger partial charge on any atom is -0.484 e. The number of piperidine rings is 1. The molecule has 0 aliphatic carbocycles. The summed E-state index contributed by atoms with van der Waals surface area (Å²) in [6, 6.07) is 15.8. The van der Waals surface area contributed by atoms with Gasteiger partial charge in [-0.05, 0) is 62.1 Å². The predicted octanol–water partition coefficient (Wildman–Crippen LogP) is 3.34. The van der Waals surface area contributed by atoms with E-state index in [9.17, 15) is 13.2 Å². The number of ether oxygens (including phenoxy) is 1. The number of likely N-dealkylation sites (tertiary alicyclic amines) is 1. The second kappa shape index (κ2) is 10.2. The molecule has 2 saturated heterocycles. The summed E-state index contributed by atoms with van der Waals surface area (Å²) >= 11 is 0. The van der Waals surface area contributed by atoms with Gasteiger partial charge < -0.3 is 14.2 Å². The monoisotopic (exact) mass is 496 g/mol. The number of hydrogen-bond donors (Lipinski definition) is 0. The molecule has 1 aromatic heterocycles. The maximum absolute atomic E-state index is 13.2. The number of rotatable bonds is 7. The number of aromatic nitrogens is 2. The number of nitrogens with zero attached hydrogens (tertiary/aromatic N) is 4. The lowest BCUT2D eigenvalue weighted by Gasteiger charge is -2.32. The summed E-state index contributed by atoms with van der Waals surface area (Å²) in [6.45, 7) is 2.49. The molecule has 2 aliphatic heterocycles. The van der Waals surface area contributed by atoms with E-state index in [1.165, 1.54) is 4.31 Å². The van der Waals surface area contributed by atoms with Crippen LogP contribution in [0.25, 0.3) is 11.4 Å². The van der Waals surface area contributed by atoms with Crippen LogP contribution in [-0.2, 0) is 21.4 Å². The van der Waals surface area contributed by atoms with Crippen LogP contribution < -0.4 is 4.74 Å². The van der Waals surface area contributed by atoms with Crippen molar-refractivity contribution in [2.45, 2.75) is 37.2 Å². The molecule has 0 saturated carbocycles. The molecule has 2 aliphatic rings. The summed E-state index contributed by atoms with van der Waals surface area (Å²) in [7, 11) is -3.64. The Morgan fingerprint density at radius 1 is 0.971 bits per heavy atom. The highest BCUT2D eigenvalue weighted by Gasteiger charge is 2.34. The summed E-state index contributed by atoms with van der Waals surface area (Å²) in [4.78, 5) is 19.1. The van der Waals surface area contributed by atoms with E-state index in [-0.39, 0.29) is 23.3 Å². The van der Waals surface area contributed by atoms with Gasteiger partial charge in [0, 0.05) is 37.7 Å². The van der Waals surface area contributed by atoms with Crippen LogP contribution in [0.3, 0.4) is 0 Å². The van der Waals surface area contributed by atoms with Gasteiger partial charge in [-0.1, -0.05) is 23.4 Å². The van der Waals surface area contributed by atoms with Crippen molar-refractivity contribution in [2.75, 3.05) is 26.2 Å². The number of hydrogen-bond acceptors (Lipinski definition) is 7. The smallest absolute Gasteiger partial charge is 0.264 e. The van der Waals surface area contributed by atoms with Gasteiger partial charge in [-0.15, -0.1) is 0 Å². The molecule has 0 atom stereocenters. The molecular weight excluding hydrogens is 468 g/mol. The lowest BCUT2D eigenvalue weighted by atomic mass is 9.97. The molecule has 0 unspecified atom stereocenters. The van der Waals surface area contributed by atoms with Crippen LogP contribution in [0.4, 0.5) is 0 Å². The third kappa shape index (κ3) is 5.23. The molecule has 35 heavy (non-hydrogen) atoms. The maximum atomic E-state index is 13.2. The highest BCUT2D eigenvalue weighted by molar-refractivity contribution is 7.89. The van der Waals surface area contributed by atoms with Crippen LogP contribution >= 0.6 is 0 Å². The van der Waals surface area contributed by atoms with Crippen LogP contribution in [0.15, 0.2) is 64.0 Å². The number of amides is 1. The molecule has 3 aromatic rings. The Bertz CT molecular complexity index is 1250. The first-order chi connectivity index (χ1) is 17.0. The number of benzene rings is 2. The lowest BCUT2D eigenvalue weighted by molar-refractivity contribution is -0.135. The summed E-state index contributed by atoms with van der Waals surface area (Å²) in [5.41, 5.74) is 0.647. The van der Waals surface area contributed by atoms with Gasteiger partial charge in [-0.25, -0.2) is 8.42 Å². The van der Waals surface area contributed by atoms with Crippen molar-refractivity contribution in [3.63, 3.8) is 0 Å². The van der Waals surface area contributed by atoms with Crippen molar-refractivity contribution >= 4 is 15.9 Å². The van der Waals surface area contributed by atoms with Crippen LogP contribution in [0.1, 0.15) is 31.6 Å². The van der Waals surface area contributed by atoms with Crippen LogP contribution in [0.5, 0.6) is 5.75 Å². The van der Waals surface area contributed by atoms with Gasteiger partial charge in [0.2, 0.25) is 21.8 Å². The number of para-hydroxylation sites is 1. The Kier molecular flexibility index (Phi) is 6.83. The first-order valence-electron chi connectivity index (χ1n) is 11.9. The SMILES string of the molecule is O=C(C1CCN(S(=O)(=O)c2ccc(-c3noc(COc4ccccc4)n3)cc2)CC1)N1CCCC1. The Balaban J connectivity index is 1.19. The van der Waals surface area contributed by atoms with Gasteiger partial charge in [-0.2, -0.15) is 9.29 Å². The number of carbonyl (C=O) groups excluding carboxylic acids is 1. The Morgan fingerprint density at radius 3 is 2.34 bits per heavy atom. The van der Waals surface area contributed by atoms with Crippen molar-refractivity contribution in [1.29, 1.82) is 0 Å². The molecule has 0 radical (unpaired) electrons. The third-order valence-corrected chi connectivity index (χ3v) is 8.46. The van der Waals surface area contributed by atoms with Gasteiger partial charge in [0.05, 0.1) is 4.90 Å². The van der Waals surface area contributed by atoms with Crippen molar-refractivity contribution in [3.8, 4) is 17.1 Å².